The average Bonchev–Trinajstić information content (AvgIpc) is 2.37. The molecule has 0 fully saturated rings. The Morgan fingerprint density at radius 3 is 2.63 bits per heavy atom. The van der Waals surface area contributed by atoms with Crippen molar-refractivity contribution in [2.45, 2.75) is 26.8 Å². The van der Waals surface area contributed by atoms with Gasteiger partial charge in [0.05, 0.1) is 11.1 Å². The molecule has 0 aliphatic heterocycles. The Balaban J connectivity index is 0.00000324. The Bertz CT molecular complexity index is 350. The Morgan fingerprint density at radius 2 is 2.00 bits per heavy atom. The highest BCUT2D eigenvalue weighted by atomic mass is 79.9. The van der Waals surface area contributed by atoms with E-state index in [4.69, 9.17) is 9.47 Å². The maximum absolute atomic E-state index is 5.48. The molecule has 0 unspecified atom stereocenters. The number of hydrogen-bond acceptors (Lipinski definition) is 3. The van der Waals surface area contributed by atoms with Gasteiger partial charge < -0.3 is 14.8 Å². The smallest absolute Gasteiger partial charge is 0.133 e. The molecular formula is C14H23BrClNO2. The van der Waals surface area contributed by atoms with Gasteiger partial charge in [-0.25, -0.2) is 0 Å². The van der Waals surface area contributed by atoms with Crippen molar-refractivity contribution in [2.75, 3.05) is 26.4 Å². The predicted molar refractivity (Wildman–Crippen MR) is 85.4 cm³/mol. The highest BCUT2D eigenvalue weighted by Gasteiger charge is 2.01. The summed E-state index contributed by atoms with van der Waals surface area (Å²) >= 11 is 3.52. The first-order valence-electron chi connectivity index (χ1n) is 6.47. The van der Waals surface area contributed by atoms with Gasteiger partial charge in [-0.2, -0.15) is 0 Å². The van der Waals surface area contributed by atoms with E-state index in [0.717, 1.165) is 42.9 Å². The van der Waals surface area contributed by atoms with Crippen LogP contribution in [0.15, 0.2) is 22.7 Å². The first-order chi connectivity index (χ1) is 8.77. The van der Waals surface area contributed by atoms with E-state index < -0.39 is 0 Å². The van der Waals surface area contributed by atoms with E-state index in [1.807, 2.05) is 19.9 Å². The van der Waals surface area contributed by atoms with Gasteiger partial charge in [0.25, 0.3) is 0 Å². The molecule has 0 bridgehead atoms. The predicted octanol–water partition coefficient (Wildman–Crippen LogP) is 3.79. The van der Waals surface area contributed by atoms with Gasteiger partial charge in [-0.05, 0) is 60.4 Å². The van der Waals surface area contributed by atoms with Gasteiger partial charge in [0.1, 0.15) is 5.75 Å². The second-order valence-corrected chi connectivity index (χ2v) is 4.78. The third-order valence-electron chi connectivity index (χ3n) is 2.47. The summed E-state index contributed by atoms with van der Waals surface area (Å²) in [6, 6.07) is 6.19. The molecule has 0 amide bonds. The number of ether oxygens (including phenoxy) is 2. The van der Waals surface area contributed by atoms with Crippen LogP contribution in [0.3, 0.4) is 0 Å². The highest BCUT2D eigenvalue weighted by molar-refractivity contribution is 9.10. The Kier molecular flexibility index (Phi) is 11.4. The number of hydrogen-bond donors (Lipinski definition) is 1. The van der Waals surface area contributed by atoms with E-state index in [2.05, 4.69) is 33.4 Å². The van der Waals surface area contributed by atoms with Crippen LogP contribution in [0.5, 0.6) is 5.75 Å². The molecule has 0 aliphatic rings. The van der Waals surface area contributed by atoms with Gasteiger partial charge in [0, 0.05) is 19.8 Å². The quantitative estimate of drug-likeness (QED) is 0.686. The summed E-state index contributed by atoms with van der Waals surface area (Å²) in [4.78, 5) is 0. The molecule has 19 heavy (non-hydrogen) atoms. The fourth-order valence-electron chi connectivity index (χ4n) is 1.60. The number of benzene rings is 1. The zero-order valence-electron chi connectivity index (χ0n) is 11.6. The molecular weight excluding hydrogens is 330 g/mol. The summed E-state index contributed by atoms with van der Waals surface area (Å²) in [7, 11) is 0. The summed E-state index contributed by atoms with van der Waals surface area (Å²) in [5, 5.41) is 3.40. The van der Waals surface area contributed by atoms with Crippen LogP contribution in [0.4, 0.5) is 0 Å². The van der Waals surface area contributed by atoms with Gasteiger partial charge in [-0.15, -0.1) is 12.4 Å². The van der Waals surface area contributed by atoms with E-state index in [9.17, 15) is 0 Å². The van der Waals surface area contributed by atoms with E-state index in [-0.39, 0.29) is 12.4 Å². The number of rotatable bonds is 9. The standard InChI is InChI=1S/C14H22BrNO2.ClH/c1-3-17-9-5-8-16-11-12-6-7-14(18-4-2)13(15)10-12;/h6-7,10,16H,3-5,8-9,11H2,1-2H3;1H. The minimum absolute atomic E-state index is 0. The van der Waals surface area contributed by atoms with Gasteiger partial charge in [-0.3, -0.25) is 0 Å². The van der Waals surface area contributed by atoms with Gasteiger partial charge in [0.15, 0.2) is 0 Å². The summed E-state index contributed by atoms with van der Waals surface area (Å²) in [6.07, 6.45) is 1.05. The van der Waals surface area contributed by atoms with Crippen LogP contribution in [-0.2, 0) is 11.3 Å². The van der Waals surface area contributed by atoms with Crippen molar-refractivity contribution >= 4 is 28.3 Å². The molecule has 0 saturated carbocycles. The monoisotopic (exact) mass is 351 g/mol. The largest absolute Gasteiger partial charge is 0.493 e. The lowest BCUT2D eigenvalue weighted by molar-refractivity contribution is 0.144. The lowest BCUT2D eigenvalue weighted by atomic mass is 10.2. The third kappa shape index (κ3) is 7.78. The molecule has 1 N–H and O–H groups in total. The summed E-state index contributed by atoms with van der Waals surface area (Å²) in [5.41, 5.74) is 1.25. The molecule has 5 heteroatoms. The highest BCUT2D eigenvalue weighted by Crippen LogP contribution is 2.25. The zero-order valence-corrected chi connectivity index (χ0v) is 14.0. The minimum atomic E-state index is 0. The van der Waals surface area contributed by atoms with E-state index in [0.29, 0.717) is 6.61 Å². The van der Waals surface area contributed by atoms with E-state index >= 15 is 0 Å². The van der Waals surface area contributed by atoms with Gasteiger partial charge in [-0.1, -0.05) is 6.07 Å². The molecule has 3 nitrogen and oxygen atoms in total. The Hall–Kier alpha value is -0.290. The van der Waals surface area contributed by atoms with Crippen LogP contribution < -0.4 is 10.1 Å². The van der Waals surface area contributed by atoms with Crippen LogP contribution in [0, 0.1) is 0 Å². The van der Waals surface area contributed by atoms with Crippen molar-refractivity contribution in [1.29, 1.82) is 0 Å². The molecule has 0 radical (unpaired) electrons. The molecule has 0 aliphatic carbocycles. The van der Waals surface area contributed by atoms with Crippen molar-refractivity contribution in [1.82, 2.24) is 5.32 Å². The van der Waals surface area contributed by atoms with Crippen LogP contribution in [0.2, 0.25) is 0 Å². The summed E-state index contributed by atoms with van der Waals surface area (Å²) in [6.45, 7) is 8.17. The van der Waals surface area contributed by atoms with E-state index in [1.165, 1.54) is 5.56 Å². The third-order valence-corrected chi connectivity index (χ3v) is 3.09. The first kappa shape index (κ1) is 18.7. The summed E-state index contributed by atoms with van der Waals surface area (Å²) in [5.74, 6) is 0.901. The van der Waals surface area contributed by atoms with Crippen molar-refractivity contribution in [3.8, 4) is 5.75 Å². The van der Waals surface area contributed by atoms with Gasteiger partial charge in [0.2, 0.25) is 0 Å². The van der Waals surface area contributed by atoms with Crippen LogP contribution in [-0.4, -0.2) is 26.4 Å². The topological polar surface area (TPSA) is 30.5 Å². The second kappa shape index (κ2) is 11.5. The number of nitrogens with one attached hydrogen (secondary N) is 1. The molecule has 0 saturated heterocycles. The molecule has 0 aromatic heterocycles. The molecule has 1 aromatic carbocycles. The summed E-state index contributed by atoms with van der Waals surface area (Å²) < 4.78 is 11.8. The maximum atomic E-state index is 5.48. The molecule has 110 valence electrons. The fraction of sp³-hybridized carbons (Fsp3) is 0.571. The van der Waals surface area contributed by atoms with Crippen LogP contribution in [0.1, 0.15) is 25.8 Å². The lowest BCUT2D eigenvalue weighted by Gasteiger charge is -2.09. The second-order valence-electron chi connectivity index (χ2n) is 3.93. The van der Waals surface area contributed by atoms with Crippen molar-refractivity contribution in [3.05, 3.63) is 28.2 Å². The minimum Gasteiger partial charge on any atom is -0.493 e. The van der Waals surface area contributed by atoms with Crippen molar-refractivity contribution in [2.24, 2.45) is 0 Å². The van der Waals surface area contributed by atoms with Gasteiger partial charge >= 0.3 is 0 Å². The van der Waals surface area contributed by atoms with Crippen molar-refractivity contribution < 1.29 is 9.47 Å². The van der Waals surface area contributed by atoms with Crippen LogP contribution in [0.25, 0.3) is 0 Å². The fourth-order valence-corrected chi connectivity index (χ4v) is 2.14. The zero-order chi connectivity index (χ0) is 13.2. The normalized spacial score (nSPS) is 10.1. The molecule has 1 rings (SSSR count). The average molecular weight is 353 g/mol. The Morgan fingerprint density at radius 1 is 1.21 bits per heavy atom. The molecule has 0 heterocycles. The molecule has 0 spiro atoms. The lowest BCUT2D eigenvalue weighted by Crippen LogP contribution is -2.16. The van der Waals surface area contributed by atoms with Crippen molar-refractivity contribution in [3.63, 3.8) is 0 Å². The molecule has 1 aromatic rings. The SMILES string of the molecule is CCOCCCNCc1ccc(OCC)c(Br)c1.Cl. The number of halogens is 2. The molecule has 0 atom stereocenters. The first-order valence-corrected chi connectivity index (χ1v) is 7.27. The maximum Gasteiger partial charge on any atom is 0.133 e. The van der Waals surface area contributed by atoms with Crippen LogP contribution >= 0.6 is 28.3 Å². The Labute approximate surface area is 130 Å². The van der Waals surface area contributed by atoms with E-state index in [1.54, 1.807) is 0 Å².